The van der Waals surface area contributed by atoms with Crippen LogP contribution in [0.4, 0.5) is 4.39 Å². The fraction of sp³-hybridized carbons (Fsp3) is 0.105. The SMILES string of the molecule is C=CCOc1ccc(OC)c2c(=O)n(-c3ccc(F)c(Cl)c3)ccc12. The minimum absolute atomic E-state index is 0.0560. The van der Waals surface area contributed by atoms with Gasteiger partial charge >= 0.3 is 0 Å². The van der Waals surface area contributed by atoms with Gasteiger partial charge in [0.05, 0.1) is 23.2 Å². The van der Waals surface area contributed by atoms with E-state index in [-0.39, 0.29) is 10.6 Å². The van der Waals surface area contributed by atoms with Gasteiger partial charge in [-0.1, -0.05) is 24.3 Å². The van der Waals surface area contributed by atoms with Crippen LogP contribution in [0, 0.1) is 5.82 Å². The van der Waals surface area contributed by atoms with Gasteiger partial charge in [0.15, 0.2) is 0 Å². The highest BCUT2D eigenvalue weighted by Crippen LogP contribution is 2.31. The predicted molar refractivity (Wildman–Crippen MR) is 96.8 cm³/mol. The van der Waals surface area contributed by atoms with Gasteiger partial charge in [-0.2, -0.15) is 0 Å². The quantitative estimate of drug-likeness (QED) is 0.636. The van der Waals surface area contributed by atoms with Crippen LogP contribution in [0.3, 0.4) is 0 Å². The topological polar surface area (TPSA) is 40.5 Å². The molecule has 0 N–H and O–H groups in total. The number of halogens is 2. The van der Waals surface area contributed by atoms with Gasteiger partial charge in [-0.05, 0) is 36.4 Å². The van der Waals surface area contributed by atoms with Gasteiger partial charge < -0.3 is 9.47 Å². The largest absolute Gasteiger partial charge is 0.496 e. The van der Waals surface area contributed by atoms with E-state index in [0.29, 0.717) is 34.6 Å². The van der Waals surface area contributed by atoms with Crippen molar-refractivity contribution in [3.63, 3.8) is 0 Å². The third kappa shape index (κ3) is 3.10. The summed E-state index contributed by atoms with van der Waals surface area (Å²) in [5.41, 5.74) is 0.138. The van der Waals surface area contributed by atoms with Crippen LogP contribution in [0.2, 0.25) is 5.02 Å². The molecule has 25 heavy (non-hydrogen) atoms. The maximum absolute atomic E-state index is 13.4. The summed E-state index contributed by atoms with van der Waals surface area (Å²) in [6.07, 6.45) is 3.21. The third-order valence-corrected chi connectivity index (χ3v) is 4.04. The molecule has 0 fully saturated rings. The molecule has 3 aromatic rings. The van der Waals surface area contributed by atoms with E-state index in [2.05, 4.69) is 6.58 Å². The standard InChI is InChI=1S/C19H15ClFNO3/c1-3-10-25-16-6-7-17(24-2)18-13(16)8-9-22(19(18)23)12-4-5-15(21)14(20)11-12/h3-9,11H,1,10H2,2H3. The smallest absolute Gasteiger partial charge is 0.266 e. The first-order chi connectivity index (χ1) is 12.1. The van der Waals surface area contributed by atoms with E-state index in [0.717, 1.165) is 0 Å². The molecule has 1 aromatic heterocycles. The highest BCUT2D eigenvalue weighted by Gasteiger charge is 2.14. The Morgan fingerprint density at radius 3 is 2.68 bits per heavy atom. The zero-order valence-electron chi connectivity index (χ0n) is 13.5. The van der Waals surface area contributed by atoms with E-state index in [1.807, 2.05) is 0 Å². The lowest BCUT2D eigenvalue weighted by molar-refractivity contribution is 0.366. The average Bonchev–Trinajstić information content (AvgIpc) is 2.62. The van der Waals surface area contributed by atoms with Crippen molar-refractivity contribution in [3.8, 4) is 17.2 Å². The molecule has 0 aliphatic heterocycles. The molecule has 0 saturated heterocycles. The van der Waals surface area contributed by atoms with Crippen molar-refractivity contribution >= 4 is 22.4 Å². The van der Waals surface area contributed by atoms with Crippen LogP contribution < -0.4 is 15.0 Å². The third-order valence-electron chi connectivity index (χ3n) is 3.75. The highest BCUT2D eigenvalue weighted by molar-refractivity contribution is 6.30. The van der Waals surface area contributed by atoms with Gasteiger partial charge in [-0.25, -0.2) is 4.39 Å². The molecule has 2 aromatic carbocycles. The van der Waals surface area contributed by atoms with Crippen LogP contribution in [0.25, 0.3) is 16.5 Å². The number of ether oxygens (including phenoxy) is 2. The summed E-state index contributed by atoms with van der Waals surface area (Å²) in [6.45, 7) is 3.94. The highest BCUT2D eigenvalue weighted by atomic mass is 35.5. The summed E-state index contributed by atoms with van der Waals surface area (Å²) in [6, 6.07) is 9.26. The van der Waals surface area contributed by atoms with Crippen molar-refractivity contribution < 1.29 is 13.9 Å². The zero-order chi connectivity index (χ0) is 18.0. The second-order valence-corrected chi connectivity index (χ2v) is 5.65. The van der Waals surface area contributed by atoms with Crippen molar-refractivity contribution in [2.45, 2.75) is 0 Å². The number of aromatic nitrogens is 1. The molecule has 0 saturated carbocycles. The van der Waals surface area contributed by atoms with Gasteiger partial charge in [0.25, 0.3) is 5.56 Å². The van der Waals surface area contributed by atoms with E-state index in [9.17, 15) is 9.18 Å². The number of hydrogen-bond acceptors (Lipinski definition) is 3. The monoisotopic (exact) mass is 359 g/mol. The predicted octanol–water partition coefficient (Wildman–Crippen LogP) is 4.36. The van der Waals surface area contributed by atoms with Crippen molar-refractivity contribution in [1.29, 1.82) is 0 Å². The Balaban J connectivity index is 2.26. The molecule has 0 radical (unpaired) electrons. The summed E-state index contributed by atoms with van der Waals surface area (Å²) in [5.74, 6) is 0.433. The minimum atomic E-state index is -0.544. The summed E-state index contributed by atoms with van der Waals surface area (Å²) in [4.78, 5) is 13.0. The summed E-state index contributed by atoms with van der Waals surface area (Å²) in [7, 11) is 1.49. The maximum Gasteiger partial charge on any atom is 0.266 e. The van der Waals surface area contributed by atoms with Crippen molar-refractivity contribution in [1.82, 2.24) is 4.57 Å². The molecule has 0 bridgehead atoms. The number of methoxy groups -OCH3 is 1. The van der Waals surface area contributed by atoms with Crippen molar-refractivity contribution in [3.05, 3.63) is 76.4 Å². The average molecular weight is 360 g/mol. The van der Waals surface area contributed by atoms with Crippen LogP contribution >= 0.6 is 11.6 Å². The molecule has 0 amide bonds. The van der Waals surface area contributed by atoms with Crippen LogP contribution in [0.15, 0.2) is 60.0 Å². The zero-order valence-corrected chi connectivity index (χ0v) is 14.2. The van der Waals surface area contributed by atoms with Crippen LogP contribution in [-0.4, -0.2) is 18.3 Å². The molecule has 0 unspecified atom stereocenters. The van der Waals surface area contributed by atoms with E-state index in [1.54, 1.807) is 30.5 Å². The molecule has 0 aliphatic rings. The molecule has 0 aliphatic carbocycles. The van der Waals surface area contributed by atoms with Gasteiger partial charge in [0.1, 0.15) is 23.9 Å². The van der Waals surface area contributed by atoms with E-state index in [4.69, 9.17) is 21.1 Å². The fourth-order valence-electron chi connectivity index (χ4n) is 2.59. The Hall–Kier alpha value is -2.79. The Morgan fingerprint density at radius 2 is 2.00 bits per heavy atom. The first-order valence-corrected chi connectivity index (χ1v) is 7.86. The molecule has 128 valence electrons. The van der Waals surface area contributed by atoms with Gasteiger partial charge in [-0.3, -0.25) is 9.36 Å². The minimum Gasteiger partial charge on any atom is -0.496 e. The maximum atomic E-state index is 13.4. The van der Waals surface area contributed by atoms with Gasteiger partial charge in [-0.15, -0.1) is 0 Å². The van der Waals surface area contributed by atoms with Crippen molar-refractivity contribution in [2.24, 2.45) is 0 Å². The first-order valence-electron chi connectivity index (χ1n) is 7.48. The lowest BCUT2D eigenvalue weighted by Crippen LogP contribution is -2.18. The number of benzene rings is 2. The number of fused-ring (bicyclic) bond motifs is 1. The lowest BCUT2D eigenvalue weighted by Gasteiger charge is -2.13. The van der Waals surface area contributed by atoms with Crippen LogP contribution in [0.5, 0.6) is 11.5 Å². The Labute approximate surface area is 148 Å². The number of hydrogen-bond donors (Lipinski definition) is 0. The number of pyridine rings is 1. The number of nitrogens with zero attached hydrogens (tertiary/aromatic N) is 1. The molecule has 4 nitrogen and oxygen atoms in total. The molecular weight excluding hydrogens is 345 g/mol. The first kappa shape index (κ1) is 17.0. The molecular formula is C19H15ClFNO3. The van der Waals surface area contributed by atoms with Crippen LogP contribution in [0.1, 0.15) is 0 Å². The molecule has 3 rings (SSSR count). The van der Waals surface area contributed by atoms with Crippen molar-refractivity contribution in [2.75, 3.05) is 13.7 Å². The lowest BCUT2D eigenvalue weighted by atomic mass is 10.1. The normalized spacial score (nSPS) is 10.7. The summed E-state index contributed by atoms with van der Waals surface area (Å²) in [5, 5.41) is 0.933. The van der Waals surface area contributed by atoms with E-state index >= 15 is 0 Å². The summed E-state index contributed by atoms with van der Waals surface area (Å²) < 4.78 is 25.7. The Morgan fingerprint density at radius 1 is 1.24 bits per heavy atom. The second-order valence-electron chi connectivity index (χ2n) is 5.24. The summed E-state index contributed by atoms with van der Waals surface area (Å²) >= 11 is 5.83. The number of rotatable bonds is 5. The Kier molecular flexibility index (Phi) is 4.76. The molecule has 6 heteroatoms. The second kappa shape index (κ2) is 6.99. The van der Waals surface area contributed by atoms with Gasteiger partial charge in [0, 0.05) is 11.6 Å². The van der Waals surface area contributed by atoms with Gasteiger partial charge in [0.2, 0.25) is 0 Å². The molecule has 0 atom stereocenters. The van der Waals surface area contributed by atoms with Crippen LogP contribution in [-0.2, 0) is 0 Å². The molecule has 0 spiro atoms. The Bertz CT molecular complexity index is 1010. The van der Waals surface area contributed by atoms with E-state index in [1.165, 1.54) is 29.9 Å². The molecule has 1 heterocycles. The van der Waals surface area contributed by atoms with E-state index < -0.39 is 5.82 Å². The fourth-order valence-corrected chi connectivity index (χ4v) is 2.76.